The van der Waals surface area contributed by atoms with Crippen LogP contribution in [0.2, 0.25) is 0 Å². The van der Waals surface area contributed by atoms with E-state index in [-0.39, 0.29) is 17.7 Å². The number of carboxylic acids is 1. The average molecular weight is 555 g/mol. The highest BCUT2D eigenvalue weighted by Crippen LogP contribution is 2.24. The summed E-state index contributed by atoms with van der Waals surface area (Å²) >= 11 is 0. The van der Waals surface area contributed by atoms with Crippen LogP contribution >= 0.6 is 0 Å². The van der Waals surface area contributed by atoms with E-state index in [1.54, 1.807) is 29.9 Å². The first-order valence-corrected chi connectivity index (χ1v) is 13.6. The second-order valence-electron chi connectivity index (χ2n) is 9.92. The van der Waals surface area contributed by atoms with Gasteiger partial charge in [0.15, 0.2) is 0 Å². The Hall–Kier alpha value is -4.76. The number of unbranched alkanes of at least 4 members (excludes halogenated alkanes) is 1. The molecule has 0 saturated heterocycles. The highest BCUT2D eigenvalue weighted by molar-refractivity contribution is 5.96. The van der Waals surface area contributed by atoms with Gasteiger partial charge in [-0.3, -0.25) is 14.8 Å². The molecule has 0 unspecified atom stereocenters. The molecule has 2 amide bonds. The molecule has 0 aliphatic rings. The second kappa shape index (κ2) is 14.0. The van der Waals surface area contributed by atoms with E-state index in [1.165, 1.54) is 0 Å². The van der Waals surface area contributed by atoms with Gasteiger partial charge in [0, 0.05) is 31.6 Å². The third-order valence-electron chi connectivity index (χ3n) is 6.84. The lowest BCUT2D eigenvalue weighted by Crippen LogP contribution is -2.40. The molecule has 212 valence electrons. The van der Waals surface area contributed by atoms with Gasteiger partial charge in [-0.05, 0) is 41.2 Å². The number of aryl methyl sites for hydroxylation is 1. The maximum atomic E-state index is 13.3. The van der Waals surface area contributed by atoms with Crippen LogP contribution in [0.5, 0.6) is 0 Å². The number of carbonyl (C=O) groups excluding carboxylic acids is 2. The number of carbonyl (C=O) groups is 3. The molecule has 3 aromatic carbocycles. The Labute approximate surface area is 238 Å². The van der Waals surface area contributed by atoms with Crippen molar-refractivity contribution in [2.24, 2.45) is 0 Å². The summed E-state index contributed by atoms with van der Waals surface area (Å²) in [4.78, 5) is 41.5. The maximum Gasteiger partial charge on any atom is 0.336 e. The zero-order chi connectivity index (χ0) is 29.2. The van der Waals surface area contributed by atoms with Crippen molar-refractivity contribution >= 4 is 17.8 Å². The number of amides is 2. The molecule has 9 heteroatoms. The molecule has 0 fully saturated rings. The van der Waals surface area contributed by atoms with Crippen LogP contribution in [0.3, 0.4) is 0 Å². The summed E-state index contributed by atoms with van der Waals surface area (Å²) < 4.78 is 1.96. The van der Waals surface area contributed by atoms with Gasteiger partial charge in [0.05, 0.1) is 5.56 Å². The van der Waals surface area contributed by atoms with Crippen molar-refractivity contribution in [3.63, 3.8) is 0 Å². The van der Waals surface area contributed by atoms with E-state index in [4.69, 9.17) is 5.21 Å². The van der Waals surface area contributed by atoms with Gasteiger partial charge in [-0.1, -0.05) is 86.1 Å². The van der Waals surface area contributed by atoms with Crippen LogP contribution < -0.4 is 10.8 Å². The first-order chi connectivity index (χ1) is 19.9. The average Bonchev–Trinajstić information content (AvgIpc) is 3.39. The van der Waals surface area contributed by atoms with Crippen molar-refractivity contribution in [2.75, 3.05) is 0 Å². The Morgan fingerprint density at radius 2 is 1.63 bits per heavy atom. The van der Waals surface area contributed by atoms with E-state index in [2.05, 4.69) is 17.2 Å². The van der Waals surface area contributed by atoms with Gasteiger partial charge in [0.2, 0.25) is 5.91 Å². The fourth-order valence-electron chi connectivity index (χ4n) is 4.74. The number of hydrogen-bond donors (Lipinski definition) is 4. The topological polar surface area (TPSA) is 134 Å². The minimum Gasteiger partial charge on any atom is -0.478 e. The molecule has 1 heterocycles. The predicted molar refractivity (Wildman–Crippen MR) is 155 cm³/mol. The lowest BCUT2D eigenvalue weighted by molar-refractivity contribution is -0.129. The zero-order valence-electron chi connectivity index (χ0n) is 22.9. The number of nitrogens with zero attached hydrogens (tertiary/aromatic N) is 2. The monoisotopic (exact) mass is 554 g/mol. The molecule has 0 bridgehead atoms. The molecular weight excluding hydrogens is 520 g/mol. The molecule has 4 aromatic rings. The van der Waals surface area contributed by atoms with Crippen LogP contribution in [-0.4, -0.2) is 43.7 Å². The van der Waals surface area contributed by atoms with Gasteiger partial charge in [-0.2, -0.15) is 0 Å². The molecular formula is C32H34N4O5. The summed E-state index contributed by atoms with van der Waals surface area (Å²) in [6, 6.07) is 23.5. The standard InChI is InChI=1S/C32H34N4O5/c1-2-3-13-29-34-28(31(38)33-25(19-30(37)35-41)18-22-9-5-4-6-10-22)21-36(29)20-23-14-16-24(17-15-23)26-11-7-8-12-27(26)32(39)40/h4-12,14-17,21,25,41H,2-3,13,18-20H2,1H3,(H,33,38)(H,35,37)(H,39,40)/t25-/m0/s1. The first kappa shape index (κ1) is 29.2. The van der Waals surface area contributed by atoms with E-state index < -0.39 is 23.8 Å². The van der Waals surface area contributed by atoms with Gasteiger partial charge in [0.25, 0.3) is 5.91 Å². The van der Waals surface area contributed by atoms with Gasteiger partial charge in [0.1, 0.15) is 11.5 Å². The van der Waals surface area contributed by atoms with E-state index in [9.17, 15) is 19.5 Å². The van der Waals surface area contributed by atoms with E-state index in [0.717, 1.165) is 35.4 Å². The molecule has 0 radical (unpaired) electrons. The molecule has 1 aromatic heterocycles. The molecule has 9 nitrogen and oxygen atoms in total. The number of hydroxylamine groups is 1. The van der Waals surface area contributed by atoms with E-state index in [0.29, 0.717) is 24.9 Å². The summed E-state index contributed by atoms with van der Waals surface area (Å²) in [5.74, 6) is -1.17. The third kappa shape index (κ3) is 7.89. The Morgan fingerprint density at radius 1 is 0.927 bits per heavy atom. The first-order valence-electron chi connectivity index (χ1n) is 13.6. The maximum absolute atomic E-state index is 13.3. The largest absolute Gasteiger partial charge is 0.478 e. The Balaban J connectivity index is 1.53. The number of imidazole rings is 1. The SMILES string of the molecule is CCCCc1nc(C(=O)N[C@H](CC(=O)NO)Cc2ccccc2)cn1Cc1ccc(-c2ccccc2C(=O)O)cc1. The quantitative estimate of drug-likeness (QED) is 0.138. The van der Waals surface area contributed by atoms with Crippen LogP contribution in [-0.2, 0) is 24.2 Å². The molecule has 1 atom stereocenters. The molecule has 0 spiro atoms. The number of rotatable bonds is 13. The molecule has 0 aliphatic carbocycles. The fourth-order valence-corrected chi connectivity index (χ4v) is 4.74. The summed E-state index contributed by atoms with van der Waals surface area (Å²) in [6.45, 7) is 2.58. The number of carboxylic acid groups (broad SMARTS) is 1. The van der Waals surface area contributed by atoms with Gasteiger partial charge in [-0.15, -0.1) is 0 Å². The number of nitrogens with one attached hydrogen (secondary N) is 2. The number of hydrogen-bond acceptors (Lipinski definition) is 5. The summed E-state index contributed by atoms with van der Waals surface area (Å²) in [6.07, 6.45) is 4.64. The molecule has 4 rings (SSSR count). The predicted octanol–water partition coefficient (Wildman–Crippen LogP) is 4.88. The zero-order valence-corrected chi connectivity index (χ0v) is 22.9. The van der Waals surface area contributed by atoms with Crippen molar-refractivity contribution in [3.05, 3.63) is 113 Å². The minimum atomic E-state index is -0.975. The molecule has 0 saturated carbocycles. The third-order valence-corrected chi connectivity index (χ3v) is 6.84. The molecule has 4 N–H and O–H groups in total. The van der Waals surface area contributed by atoms with Gasteiger partial charge in [-0.25, -0.2) is 15.3 Å². The molecule has 41 heavy (non-hydrogen) atoms. The van der Waals surface area contributed by atoms with Crippen molar-refractivity contribution in [3.8, 4) is 11.1 Å². The normalized spacial score (nSPS) is 11.6. The lowest BCUT2D eigenvalue weighted by Gasteiger charge is -2.17. The summed E-state index contributed by atoms with van der Waals surface area (Å²) in [7, 11) is 0. The van der Waals surface area contributed by atoms with Crippen LogP contribution in [0.25, 0.3) is 11.1 Å². The summed E-state index contributed by atoms with van der Waals surface area (Å²) in [5.41, 5.74) is 5.53. The van der Waals surface area contributed by atoms with Crippen LogP contribution in [0.15, 0.2) is 85.1 Å². The Bertz CT molecular complexity index is 1480. The fraction of sp³-hybridized carbons (Fsp3) is 0.250. The van der Waals surface area contributed by atoms with Gasteiger partial charge >= 0.3 is 5.97 Å². The summed E-state index contributed by atoms with van der Waals surface area (Å²) in [5, 5.41) is 21.5. The highest BCUT2D eigenvalue weighted by atomic mass is 16.5. The highest BCUT2D eigenvalue weighted by Gasteiger charge is 2.21. The van der Waals surface area contributed by atoms with Crippen molar-refractivity contribution in [1.29, 1.82) is 0 Å². The number of aromatic carboxylic acids is 1. The smallest absolute Gasteiger partial charge is 0.336 e. The van der Waals surface area contributed by atoms with Crippen LogP contribution in [0, 0.1) is 0 Å². The van der Waals surface area contributed by atoms with Crippen molar-refractivity contribution in [2.45, 2.75) is 51.6 Å². The Kier molecular flexibility index (Phi) is 10.0. The minimum absolute atomic E-state index is 0.0854. The van der Waals surface area contributed by atoms with Crippen molar-refractivity contribution in [1.82, 2.24) is 20.3 Å². The van der Waals surface area contributed by atoms with Crippen LogP contribution in [0.4, 0.5) is 0 Å². The van der Waals surface area contributed by atoms with E-state index in [1.807, 2.05) is 65.2 Å². The Morgan fingerprint density at radius 3 is 2.32 bits per heavy atom. The second-order valence-corrected chi connectivity index (χ2v) is 9.92. The van der Waals surface area contributed by atoms with E-state index >= 15 is 0 Å². The number of benzene rings is 3. The number of aromatic nitrogens is 2. The van der Waals surface area contributed by atoms with Crippen LogP contribution in [0.1, 0.15) is 64.0 Å². The van der Waals surface area contributed by atoms with Gasteiger partial charge < -0.3 is 15.0 Å². The van der Waals surface area contributed by atoms with Crippen molar-refractivity contribution < 1.29 is 24.7 Å². The lowest BCUT2D eigenvalue weighted by atomic mass is 9.99. The molecule has 0 aliphatic heterocycles.